The zero-order valence-corrected chi connectivity index (χ0v) is 11.5. The lowest BCUT2D eigenvalue weighted by molar-refractivity contribution is -0.140. The van der Waals surface area contributed by atoms with Crippen LogP contribution in [0.1, 0.15) is 43.9 Å². The molecule has 0 aliphatic heterocycles. The second kappa shape index (κ2) is 7.04. The Kier molecular flexibility index (Phi) is 5.95. The molecule has 1 aromatic carbocycles. The largest absolute Gasteiger partial charge is 0.419 e. The van der Waals surface area contributed by atoms with Gasteiger partial charge in [-0.25, -0.2) is 4.39 Å². The van der Waals surface area contributed by atoms with Crippen molar-refractivity contribution in [3.05, 3.63) is 35.1 Å². The Morgan fingerprint density at radius 2 is 1.90 bits per heavy atom. The summed E-state index contributed by atoms with van der Waals surface area (Å²) < 4.78 is 56.4. The van der Waals surface area contributed by atoms with Gasteiger partial charge in [-0.05, 0) is 31.0 Å². The molecule has 6 heteroatoms. The van der Waals surface area contributed by atoms with Crippen LogP contribution in [-0.4, -0.2) is 12.7 Å². The molecule has 0 saturated heterocycles. The van der Waals surface area contributed by atoms with Crippen molar-refractivity contribution in [3.8, 4) is 0 Å². The molecule has 0 aromatic heterocycles. The van der Waals surface area contributed by atoms with E-state index in [2.05, 4.69) is 0 Å². The lowest BCUT2D eigenvalue weighted by Gasteiger charge is -2.24. The van der Waals surface area contributed by atoms with Crippen molar-refractivity contribution >= 4 is 0 Å². The normalized spacial score (nSPS) is 15.2. The summed E-state index contributed by atoms with van der Waals surface area (Å²) in [6.45, 7) is 4.20. The summed E-state index contributed by atoms with van der Waals surface area (Å²) in [6.07, 6.45) is -3.55. The van der Waals surface area contributed by atoms with Crippen molar-refractivity contribution in [1.82, 2.24) is 0 Å². The van der Waals surface area contributed by atoms with Gasteiger partial charge >= 0.3 is 6.18 Å². The highest BCUT2D eigenvalue weighted by Gasteiger charge is 2.34. The van der Waals surface area contributed by atoms with E-state index in [0.29, 0.717) is 18.6 Å². The molecule has 114 valence electrons. The molecule has 2 N–H and O–H groups in total. The molecule has 20 heavy (non-hydrogen) atoms. The van der Waals surface area contributed by atoms with E-state index in [9.17, 15) is 17.6 Å². The average molecular weight is 293 g/mol. The molecule has 2 atom stereocenters. The maximum absolute atomic E-state index is 13.5. The number of rotatable bonds is 6. The van der Waals surface area contributed by atoms with Crippen LogP contribution in [0.3, 0.4) is 0 Å². The molecule has 0 aliphatic carbocycles. The first-order chi connectivity index (χ1) is 9.31. The smallest absolute Gasteiger partial charge is 0.377 e. The maximum atomic E-state index is 13.5. The van der Waals surface area contributed by atoms with Crippen LogP contribution in [0.15, 0.2) is 18.2 Å². The monoisotopic (exact) mass is 293 g/mol. The molecule has 0 amide bonds. The summed E-state index contributed by atoms with van der Waals surface area (Å²) >= 11 is 0. The van der Waals surface area contributed by atoms with Gasteiger partial charge in [-0.15, -0.1) is 0 Å². The number of ether oxygens (including phenoxy) is 1. The lowest BCUT2D eigenvalue weighted by Crippen LogP contribution is -2.29. The van der Waals surface area contributed by atoms with Crippen molar-refractivity contribution < 1.29 is 22.3 Å². The molecule has 0 heterocycles. The third-order valence-corrected chi connectivity index (χ3v) is 3.04. The van der Waals surface area contributed by atoms with Gasteiger partial charge in [-0.3, -0.25) is 0 Å². The number of alkyl halides is 3. The van der Waals surface area contributed by atoms with E-state index >= 15 is 0 Å². The highest BCUT2D eigenvalue weighted by molar-refractivity contribution is 5.29. The first-order valence-electron chi connectivity index (χ1n) is 6.55. The first kappa shape index (κ1) is 16.9. The van der Waals surface area contributed by atoms with Crippen LogP contribution in [0, 0.1) is 5.82 Å². The Bertz CT molecular complexity index is 428. The summed E-state index contributed by atoms with van der Waals surface area (Å²) in [6, 6.07) is 2.12. The van der Waals surface area contributed by atoms with E-state index < -0.39 is 23.6 Å². The summed E-state index contributed by atoms with van der Waals surface area (Å²) in [5.41, 5.74) is 4.99. The molecule has 2 nitrogen and oxygen atoms in total. The van der Waals surface area contributed by atoms with Crippen LogP contribution in [0.2, 0.25) is 0 Å². The molecular weight excluding hydrogens is 274 g/mol. The molecule has 1 aromatic rings. The van der Waals surface area contributed by atoms with Crippen molar-refractivity contribution in [2.24, 2.45) is 5.73 Å². The van der Waals surface area contributed by atoms with E-state index in [0.717, 1.165) is 18.6 Å². The summed E-state index contributed by atoms with van der Waals surface area (Å²) in [4.78, 5) is 0. The van der Waals surface area contributed by atoms with E-state index in [-0.39, 0.29) is 6.10 Å². The van der Waals surface area contributed by atoms with Crippen molar-refractivity contribution in [1.29, 1.82) is 0 Å². The maximum Gasteiger partial charge on any atom is 0.419 e. The fourth-order valence-corrected chi connectivity index (χ4v) is 2.05. The van der Waals surface area contributed by atoms with Crippen LogP contribution in [0.4, 0.5) is 17.6 Å². The quantitative estimate of drug-likeness (QED) is 0.803. The Labute approximate surface area is 115 Å². The number of hydrogen-bond donors (Lipinski definition) is 1. The summed E-state index contributed by atoms with van der Waals surface area (Å²) in [7, 11) is 0. The topological polar surface area (TPSA) is 35.2 Å². The Hall–Kier alpha value is -1.14. The Morgan fingerprint density at radius 1 is 1.25 bits per heavy atom. The minimum Gasteiger partial charge on any atom is -0.377 e. The van der Waals surface area contributed by atoms with E-state index in [1.807, 2.05) is 13.8 Å². The van der Waals surface area contributed by atoms with Crippen LogP contribution >= 0.6 is 0 Å². The molecule has 0 fully saturated rings. The van der Waals surface area contributed by atoms with Crippen molar-refractivity contribution in [2.45, 2.75) is 45.0 Å². The summed E-state index contributed by atoms with van der Waals surface area (Å²) in [5, 5.41) is 0. The van der Waals surface area contributed by atoms with Gasteiger partial charge in [-0.1, -0.05) is 19.4 Å². The number of halogens is 4. The van der Waals surface area contributed by atoms with Crippen LogP contribution in [0.5, 0.6) is 0 Å². The standard InChI is InChI=1S/C14H19F4NO/c1-3-5-12(20-4-2)13(19)9-6-7-10(11(15)8-9)14(16,17)18/h6-8,12-13H,3-5,19H2,1-2H3. The fourth-order valence-electron chi connectivity index (χ4n) is 2.05. The predicted octanol–water partition coefficient (Wildman–Crippen LogP) is 4.05. The molecule has 0 aliphatic rings. The van der Waals surface area contributed by atoms with E-state index in [4.69, 9.17) is 10.5 Å². The minimum atomic E-state index is -4.70. The van der Waals surface area contributed by atoms with Gasteiger partial charge in [0.1, 0.15) is 5.82 Å². The fraction of sp³-hybridized carbons (Fsp3) is 0.571. The molecule has 0 saturated carbocycles. The third-order valence-electron chi connectivity index (χ3n) is 3.04. The van der Waals surface area contributed by atoms with Gasteiger partial charge in [0.2, 0.25) is 0 Å². The molecule has 2 unspecified atom stereocenters. The van der Waals surface area contributed by atoms with Crippen LogP contribution in [-0.2, 0) is 10.9 Å². The second-order valence-corrected chi connectivity index (χ2v) is 4.55. The van der Waals surface area contributed by atoms with Crippen molar-refractivity contribution in [2.75, 3.05) is 6.61 Å². The van der Waals surface area contributed by atoms with Gasteiger partial charge in [0, 0.05) is 6.61 Å². The van der Waals surface area contributed by atoms with Crippen LogP contribution in [0.25, 0.3) is 0 Å². The van der Waals surface area contributed by atoms with Gasteiger partial charge in [0.25, 0.3) is 0 Å². The number of benzene rings is 1. The van der Waals surface area contributed by atoms with Gasteiger partial charge in [0.05, 0.1) is 17.7 Å². The third kappa shape index (κ3) is 4.18. The average Bonchev–Trinajstić information content (AvgIpc) is 2.36. The highest BCUT2D eigenvalue weighted by Crippen LogP contribution is 2.33. The molecular formula is C14H19F4NO. The SMILES string of the molecule is CCCC(OCC)C(N)c1ccc(C(F)(F)F)c(F)c1. The highest BCUT2D eigenvalue weighted by atomic mass is 19.4. The Morgan fingerprint density at radius 3 is 2.35 bits per heavy atom. The number of hydrogen-bond acceptors (Lipinski definition) is 2. The molecule has 0 radical (unpaired) electrons. The zero-order chi connectivity index (χ0) is 15.3. The zero-order valence-electron chi connectivity index (χ0n) is 11.5. The minimum absolute atomic E-state index is 0.308. The Balaban J connectivity index is 2.99. The van der Waals surface area contributed by atoms with Crippen molar-refractivity contribution in [3.63, 3.8) is 0 Å². The lowest BCUT2D eigenvalue weighted by atomic mass is 9.97. The molecule has 1 rings (SSSR count). The first-order valence-corrected chi connectivity index (χ1v) is 6.55. The van der Waals surface area contributed by atoms with E-state index in [1.165, 1.54) is 6.07 Å². The molecule has 0 bridgehead atoms. The number of nitrogens with two attached hydrogens (primary N) is 1. The van der Waals surface area contributed by atoms with Gasteiger partial charge < -0.3 is 10.5 Å². The van der Waals surface area contributed by atoms with Gasteiger partial charge in [-0.2, -0.15) is 13.2 Å². The van der Waals surface area contributed by atoms with Gasteiger partial charge in [0.15, 0.2) is 0 Å². The van der Waals surface area contributed by atoms with E-state index in [1.54, 1.807) is 0 Å². The van der Waals surface area contributed by atoms with Crippen LogP contribution < -0.4 is 5.73 Å². The second-order valence-electron chi connectivity index (χ2n) is 4.55. The predicted molar refractivity (Wildman–Crippen MR) is 68.7 cm³/mol. The molecule has 0 spiro atoms. The summed E-state index contributed by atoms with van der Waals surface area (Å²) in [5.74, 6) is -1.31.